The molecular formula is C16H19Cl2N3O2. The second-order valence-electron chi connectivity index (χ2n) is 6.10. The highest BCUT2D eigenvalue weighted by molar-refractivity contribution is 6.36. The fourth-order valence-electron chi connectivity index (χ4n) is 3.25. The van der Waals surface area contributed by atoms with Crippen LogP contribution in [0.25, 0.3) is 0 Å². The number of amides is 2. The van der Waals surface area contributed by atoms with Crippen LogP contribution >= 0.6 is 23.2 Å². The van der Waals surface area contributed by atoms with E-state index in [0.29, 0.717) is 15.7 Å². The van der Waals surface area contributed by atoms with Gasteiger partial charge in [0.2, 0.25) is 11.8 Å². The molecule has 2 aliphatic rings. The zero-order chi connectivity index (χ0) is 16.4. The summed E-state index contributed by atoms with van der Waals surface area (Å²) in [6.07, 6.45) is 4.41. The first kappa shape index (κ1) is 16.6. The molecule has 1 saturated carbocycles. The molecule has 0 spiro atoms. The SMILES string of the molecule is O=C(CC1NC2CCCCC2NC1=O)Nc1ccc(Cl)cc1Cl. The van der Waals surface area contributed by atoms with E-state index in [-0.39, 0.29) is 30.3 Å². The summed E-state index contributed by atoms with van der Waals surface area (Å²) in [6.45, 7) is 0. The van der Waals surface area contributed by atoms with Crippen LogP contribution in [-0.4, -0.2) is 29.9 Å². The van der Waals surface area contributed by atoms with Crippen LogP contribution < -0.4 is 16.0 Å². The Kier molecular flexibility index (Phi) is 5.09. The first-order valence-corrected chi connectivity index (χ1v) is 8.60. The molecule has 124 valence electrons. The maximum Gasteiger partial charge on any atom is 0.237 e. The second kappa shape index (κ2) is 7.07. The molecule has 7 heteroatoms. The molecule has 1 aromatic carbocycles. The highest BCUT2D eigenvalue weighted by atomic mass is 35.5. The van der Waals surface area contributed by atoms with Crippen molar-refractivity contribution in [2.45, 2.75) is 50.2 Å². The number of carbonyl (C=O) groups is 2. The van der Waals surface area contributed by atoms with Gasteiger partial charge in [-0.15, -0.1) is 0 Å². The zero-order valence-electron chi connectivity index (χ0n) is 12.6. The number of benzene rings is 1. The zero-order valence-corrected chi connectivity index (χ0v) is 14.1. The highest BCUT2D eigenvalue weighted by Gasteiger charge is 2.36. The van der Waals surface area contributed by atoms with Gasteiger partial charge in [-0.1, -0.05) is 36.0 Å². The summed E-state index contributed by atoms with van der Waals surface area (Å²) in [5.74, 6) is -0.360. The van der Waals surface area contributed by atoms with Crippen molar-refractivity contribution in [1.29, 1.82) is 0 Å². The largest absolute Gasteiger partial charge is 0.350 e. The summed E-state index contributed by atoms with van der Waals surface area (Å²) < 4.78 is 0. The number of fused-ring (bicyclic) bond motifs is 1. The van der Waals surface area contributed by atoms with E-state index in [2.05, 4.69) is 16.0 Å². The summed E-state index contributed by atoms with van der Waals surface area (Å²) in [4.78, 5) is 24.4. The minimum Gasteiger partial charge on any atom is -0.350 e. The topological polar surface area (TPSA) is 70.2 Å². The Hall–Kier alpha value is -1.30. The highest BCUT2D eigenvalue weighted by Crippen LogP contribution is 2.26. The van der Waals surface area contributed by atoms with E-state index in [0.717, 1.165) is 25.7 Å². The van der Waals surface area contributed by atoms with Crippen LogP contribution in [0.15, 0.2) is 18.2 Å². The third kappa shape index (κ3) is 3.97. The fourth-order valence-corrected chi connectivity index (χ4v) is 3.71. The molecule has 0 bridgehead atoms. The first-order valence-electron chi connectivity index (χ1n) is 7.84. The molecule has 0 aromatic heterocycles. The molecule has 1 saturated heterocycles. The molecular weight excluding hydrogens is 337 g/mol. The van der Waals surface area contributed by atoms with Crippen LogP contribution in [0, 0.1) is 0 Å². The molecule has 5 nitrogen and oxygen atoms in total. The van der Waals surface area contributed by atoms with Crippen LogP contribution in [0.4, 0.5) is 5.69 Å². The number of hydrogen-bond acceptors (Lipinski definition) is 3. The number of hydrogen-bond donors (Lipinski definition) is 3. The van der Waals surface area contributed by atoms with Gasteiger partial charge in [-0.2, -0.15) is 0 Å². The number of anilines is 1. The smallest absolute Gasteiger partial charge is 0.237 e. The van der Waals surface area contributed by atoms with E-state index in [4.69, 9.17) is 23.2 Å². The third-order valence-electron chi connectivity index (χ3n) is 4.42. The van der Waals surface area contributed by atoms with E-state index in [1.807, 2.05) is 0 Å². The van der Waals surface area contributed by atoms with Gasteiger partial charge in [0.1, 0.15) is 0 Å². The monoisotopic (exact) mass is 355 g/mol. The van der Waals surface area contributed by atoms with Crippen LogP contribution in [0.5, 0.6) is 0 Å². The maximum atomic E-state index is 12.2. The molecule has 0 radical (unpaired) electrons. The fraction of sp³-hybridized carbons (Fsp3) is 0.500. The lowest BCUT2D eigenvalue weighted by Gasteiger charge is -2.40. The first-order chi connectivity index (χ1) is 11.0. The number of piperazine rings is 1. The normalized spacial score (nSPS) is 27.0. The van der Waals surface area contributed by atoms with Crippen molar-refractivity contribution in [1.82, 2.24) is 10.6 Å². The summed E-state index contributed by atoms with van der Waals surface area (Å²) in [7, 11) is 0. The molecule has 1 heterocycles. The van der Waals surface area contributed by atoms with Gasteiger partial charge in [0.25, 0.3) is 0 Å². The van der Waals surface area contributed by atoms with Crippen molar-refractivity contribution in [2.24, 2.45) is 0 Å². The number of carbonyl (C=O) groups excluding carboxylic acids is 2. The number of rotatable bonds is 3. The molecule has 3 N–H and O–H groups in total. The summed E-state index contributed by atoms with van der Waals surface area (Å²) in [5.41, 5.74) is 0.493. The predicted molar refractivity (Wildman–Crippen MR) is 90.8 cm³/mol. The van der Waals surface area contributed by atoms with E-state index >= 15 is 0 Å². The maximum absolute atomic E-state index is 12.2. The molecule has 3 atom stereocenters. The average molecular weight is 356 g/mol. The molecule has 2 fully saturated rings. The van der Waals surface area contributed by atoms with E-state index < -0.39 is 6.04 Å². The Bertz CT molecular complexity index is 623. The van der Waals surface area contributed by atoms with Gasteiger partial charge < -0.3 is 16.0 Å². The van der Waals surface area contributed by atoms with Gasteiger partial charge in [0.05, 0.1) is 23.2 Å². The van der Waals surface area contributed by atoms with Gasteiger partial charge in [-0.05, 0) is 31.0 Å². The minimum absolute atomic E-state index is 0.0774. The lowest BCUT2D eigenvalue weighted by Crippen LogP contribution is -2.65. The quantitative estimate of drug-likeness (QED) is 0.780. The molecule has 2 amide bonds. The summed E-state index contributed by atoms with van der Waals surface area (Å²) in [6, 6.07) is 4.83. The average Bonchev–Trinajstić information content (AvgIpc) is 2.51. The molecule has 23 heavy (non-hydrogen) atoms. The van der Waals surface area contributed by atoms with Crippen molar-refractivity contribution in [3.8, 4) is 0 Å². The Labute approximate surface area is 145 Å². The second-order valence-corrected chi connectivity index (χ2v) is 6.95. The Morgan fingerprint density at radius 2 is 1.96 bits per heavy atom. The van der Waals surface area contributed by atoms with Gasteiger partial charge in [-0.25, -0.2) is 0 Å². The lowest BCUT2D eigenvalue weighted by molar-refractivity contribution is -0.129. The molecule has 1 aromatic rings. The van der Waals surface area contributed by atoms with Crippen molar-refractivity contribution >= 4 is 40.7 Å². The number of halogens is 2. The van der Waals surface area contributed by atoms with Gasteiger partial charge in [0, 0.05) is 17.1 Å². The van der Waals surface area contributed by atoms with Crippen LogP contribution in [0.3, 0.4) is 0 Å². The van der Waals surface area contributed by atoms with Gasteiger partial charge in [0.15, 0.2) is 0 Å². The van der Waals surface area contributed by atoms with Crippen molar-refractivity contribution < 1.29 is 9.59 Å². The van der Waals surface area contributed by atoms with Gasteiger partial charge >= 0.3 is 0 Å². The van der Waals surface area contributed by atoms with Crippen LogP contribution in [0.1, 0.15) is 32.1 Å². The Morgan fingerprint density at radius 3 is 2.70 bits per heavy atom. The molecule has 1 aliphatic carbocycles. The molecule has 3 rings (SSSR count). The van der Waals surface area contributed by atoms with E-state index in [9.17, 15) is 9.59 Å². The van der Waals surface area contributed by atoms with Crippen LogP contribution in [-0.2, 0) is 9.59 Å². The molecule has 1 aliphatic heterocycles. The van der Waals surface area contributed by atoms with E-state index in [1.54, 1.807) is 18.2 Å². The molecule has 3 unspecified atom stereocenters. The predicted octanol–water partition coefficient (Wildman–Crippen LogP) is 2.72. The van der Waals surface area contributed by atoms with Crippen molar-refractivity contribution in [3.05, 3.63) is 28.2 Å². The Morgan fingerprint density at radius 1 is 1.22 bits per heavy atom. The summed E-state index contributed by atoms with van der Waals surface area (Å²) in [5, 5.41) is 9.96. The Balaban J connectivity index is 1.59. The lowest BCUT2D eigenvalue weighted by atomic mass is 9.87. The van der Waals surface area contributed by atoms with Crippen LogP contribution in [0.2, 0.25) is 10.0 Å². The third-order valence-corrected chi connectivity index (χ3v) is 4.97. The van der Waals surface area contributed by atoms with Crippen molar-refractivity contribution in [2.75, 3.05) is 5.32 Å². The van der Waals surface area contributed by atoms with Gasteiger partial charge in [-0.3, -0.25) is 9.59 Å². The standard InChI is InChI=1S/C16H19Cl2N3O2/c17-9-5-6-11(10(18)7-9)20-15(22)8-14-16(23)21-13-4-2-1-3-12(13)19-14/h5-7,12-14,19H,1-4,8H2,(H,20,22)(H,21,23). The van der Waals surface area contributed by atoms with E-state index in [1.165, 1.54) is 0 Å². The van der Waals surface area contributed by atoms with Crippen molar-refractivity contribution in [3.63, 3.8) is 0 Å². The minimum atomic E-state index is -0.500. The number of nitrogens with one attached hydrogen (secondary N) is 3. The summed E-state index contributed by atoms with van der Waals surface area (Å²) >= 11 is 11.9.